The number of nitrogens with zero attached hydrogens (tertiary/aromatic N) is 2. The lowest BCUT2D eigenvalue weighted by atomic mass is 10.2. The Kier molecular flexibility index (Phi) is 6.26. The minimum absolute atomic E-state index is 0.179. The second-order valence-corrected chi connectivity index (χ2v) is 12.0. The van der Waals surface area contributed by atoms with Gasteiger partial charge in [0.2, 0.25) is 0 Å². The lowest BCUT2D eigenvalue weighted by Gasteiger charge is -2.36. The van der Waals surface area contributed by atoms with Gasteiger partial charge in [-0.25, -0.2) is 0 Å². The van der Waals surface area contributed by atoms with Crippen LogP contribution < -0.4 is 0 Å². The normalized spacial score (nSPS) is 16.9. The molecular formula is C15H27F3N2OSi. The van der Waals surface area contributed by atoms with Gasteiger partial charge in [0.25, 0.3) is 0 Å². The zero-order chi connectivity index (χ0) is 17.0. The largest absolute Gasteiger partial charge is 0.419 e. The van der Waals surface area contributed by atoms with E-state index in [1.165, 1.54) is 0 Å². The Bertz CT molecular complexity index is 425. The van der Waals surface area contributed by atoms with E-state index < -0.39 is 20.1 Å². The smallest absolute Gasteiger partial charge is 0.417 e. The van der Waals surface area contributed by atoms with Gasteiger partial charge in [-0.2, -0.15) is 13.2 Å². The van der Waals surface area contributed by atoms with Crippen molar-refractivity contribution in [2.45, 2.75) is 57.9 Å². The molecule has 128 valence electrons. The van der Waals surface area contributed by atoms with E-state index in [4.69, 9.17) is 4.43 Å². The summed E-state index contributed by atoms with van der Waals surface area (Å²) in [5, 5.41) is 0.179. The van der Waals surface area contributed by atoms with Crippen molar-refractivity contribution >= 4 is 14.5 Å². The van der Waals surface area contributed by atoms with Crippen LogP contribution in [0.5, 0.6) is 0 Å². The summed E-state index contributed by atoms with van der Waals surface area (Å²) in [6, 6.07) is 0. The standard InChI is InChI=1S/C15H27F3N2OSi/c1-14(2,3)22(4,5)21-9-7-6-8-20-11-13(10-19-12-20)15(16,17)18/h10-11H,6-9,12H2,1-5H3. The van der Waals surface area contributed by atoms with Gasteiger partial charge in [0.1, 0.15) is 6.67 Å². The molecule has 0 aliphatic carbocycles. The quantitative estimate of drug-likeness (QED) is 0.524. The predicted octanol–water partition coefficient (Wildman–Crippen LogP) is 4.58. The molecular weight excluding hydrogens is 309 g/mol. The van der Waals surface area contributed by atoms with Crippen LogP contribution in [0.15, 0.2) is 16.8 Å². The summed E-state index contributed by atoms with van der Waals surface area (Å²) >= 11 is 0. The summed E-state index contributed by atoms with van der Waals surface area (Å²) in [6.07, 6.45) is -0.625. The van der Waals surface area contributed by atoms with Gasteiger partial charge in [0, 0.05) is 25.6 Å². The Balaban J connectivity index is 2.32. The maximum Gasteiger partial charge on any atom is 0.419 e. The number of aliphatic imine (C=N–C) groups is 1. The van der Waals surface area contributed by atoms with E-state index in [2.05, 4.69) is 38.9 Å². The zero-order valence-electron chi connectivity index (χ0n) is 14.1. The van der Waals surface area contributed by atoms with Crippen molar-refractivity contribution in [2.75, 3.05) is 19.8 Å². The van der Waals surface area contributed by atoms with Gasteiger partial charge in [-0.15, -0.1) is 0 Å². The summed E-state index contributed by atoms with van der Waals surface area (Å²) in [5.41, 5.74) is -0.684. The molecule has 0 saturated carbocycles. The van der Waals surface area contributed by atoms with Crippen molar-refractivity contribution in [3.05, 3.63) is 11.8 Å². The van der Waals surface area contributed by atoms with Crippen LogP contribution in [0.2, 0.25) is 18.1 Å². The maximum absolute atomic E-state index is 12.6. The second kappa shape index (κ2) is 7.17. The van der Waals surface area contributed by atoms with E-state index in [0.717, 1.165) is 25.3 Å². The fraction of sp³-hybridized carbons (Fsp3) is 0.800. The summed E-state index contributed by atoms with van der Waals surface area (Å²) in [5.74, 6) is 0. The first-order valence-corrected chi connectivity index (χ1v) is 10.5. The van der Waals surface area contributed by atoms with Gasteiger partial charge in [-0.05, 0) is 31.0 Å². The molecule has 1 aliphatic rings. The first kappa shape index (κ1) is 19.2. The Hall–Kier alpha value is -0.823. The number of halogens is 3. The lowest BCUT2D eigenvalue weighted by Crippen LogP contribution is -2.41. The average molecular weight is 336 g/mol. The molecule has 0 aromatic rings. The second-order valence-electron chi connectivity index (χ2n) is 7.16. The summed E-state index contributed by atoms with van der Waals surface area (Å²) in [6.45, 7) is 12.5. The third-order valence-corrected chi connectivity index (χ3v) is 8.79. The first-order valence-electron chi connectivity index (χ1n) is 7.60. The number of unbranched alkanes of at least 4 members (excludes halogenated alkanes) is 1. The van der Waals surface area contributed by atoms with Crippen LogP contribution in [0.4, 0.5) is 13.2 Å². The molecule has 3 nitrogen and oxygen atoms in total. The van der Waals surface area contributed by atoms with Crippen LogP contribution in [0, 0.1) is 0 Å². The molecule has 0 atom stereocenters. The van der Waals surface area contributed by atoms with Crippen LogP contribution >= 0.6 is 0 Å². The van der Waals surface area contributed by atoms with Crippen molar-refractivity contribution in [3.63, 3.8) is 0 Å². The minimum atomic E-state index is -4.33. The number of hydrogen-bond acceptors (Lipinski definition) is 3. The molecule has 0 fully saturated rings. The topological polar surface area (TPSA) is 24.8 Å². The molecule has 0 N–H and O–H groups in total. The Morgan fingerprint density at radius 2 is 1.86 bits per heavy atom. The Morgan fingerprint density at radius 1 is 1.23 bits per heavy atom. The molecule has 1 heterocycles. The van der Waals surface area contributed by atoms with Crippen LogP contribution in [0.25, 0.3) is 0 Å². The van der Waals surface area contributed by atoms with Gasteiger partial charge >= 0.3 is 6.18 Å². The van der Waals surface area contributed by atoms with Crippen molar-refractivity contribution in [1.82, 2.24) is 4.90 Å². The molecule has 0 unspecified atom stereocenters. The molecule has 0 aromatic carbocycles. The number of alkyl halides is 3. The third kappa shape index (κ3) is 5.76. The van der Waals surface area contributed by atoms with Gasteiger partial charge in [0.05, 0.1) is 5.57 Å². The number of rotatable bonds is 6. The lowest BCUT2D eigenvalue weighted by molar-refractivity contribution is -0.0870. The highest BCUT2D eigenvalue weighted by molar-refractivity contribution is 6.74. The summed E-state index contributed by atoms with van der Waals surface area (Å²) < 4.78 is 43.9. The van der Waals surface area contributed by atoms with Crippen LogP contribution in [0.3, 0.4) is 0 Å². The summed E-state index contributed by atoms with van der Waals surface area (Å²) in [7, 11) is -1.73. The SMILES string of the molecule is CC(C)(C)[Si](C)(C)OCCCCN1C=C(C(F)(F)F)C=NC1. The molecule has 22 heavy (non-hydrogen) atoms. The molecule has 0 radical (unpaired) electrons. The Labute approximate surface area is 132 Å². The molecule has 0 saturated heterocycles. The highest BCUT2D eigenvalue weighted by Crippen LogP contribution is 2.36. The van der Waals surface area contributed by atoms with Crippen LogP contribution in [-0.2, 0) is 4.43 Å². The van der Waals surface area contributed by atoms with E-state index >= 15 is 0 Å². The van der Waals surface area contributed by atoms with Crippen molar-refractivity contribution < 1.29 is 17.6 Å². The zero-order valence-corrected chi connectivity index (χ0v) is 15.1. The molecule has 0 amide bonds. The van der Waals surface area contributed by atoms with E-state index in [1.807, 2.05) is 0 Å². The molecule has 0 bridgehead atoms. The molecule has 1 aliphatic heterocycles. The highest BCUT2D eigenvalue weighted by atomic mass is 28.4. The van der Waals surface area contributed by atoms with E-state index in [9.17, 15) is 13.2 Å². The fourth-order valence-corrected chi connectivity index (χ4v) is 2.84. The van der Waals surface area contributed by atoms with Gasteiger partial charge in [0.15, 0.2) is 8.32 Å². The maximum atomic E-state index is 12.6. The molecule has 1 rings (SSSR count). The average Bonchev–Trinajstić information content (AvgIpc) is 2.36. The fourth-order valence-electron chi connectivity index (χ4n) is 1.76. The predicted molar refractivity (Wildman–Crippen MR) is 86.6 cm³/mol. The van der Waals surface area contributed by atoms with Crippen molar-refractivity contribution in [1.29, 1.82) is 0 Å². The highest BCUT2D eigenvalue weighted by Gasteiger charge is 2.37. The van der Waals surface area contributed by atoms with E-state index in [0.29, 0.717) is 19.8 Å². The molecule has 0 spiro atoms. The monoisotopic (exact) mass is 336 g/mol. The summed E-state index contributed by atoms with van der Waals surface area (Å²) in [4.78, 5) is 5.37. The Morgan fingerprint density at radius 3 is 2.41 bits per heavy atom. The third-order valence-electron chi connectivity index (χ3n) is 4.25. The van der Waals surface area contributed by atoms with E-state index in [1.54, 1.807) is 4.90 Å². The van der Waals surface area contributed by atoms with Crippen LogP contribution in [0.1, 0.15) is 33.6 Å². The molecule has 7 heteroatoms. The van der Waals surface area contributed by atoms with E-state index in [-0.39, 0.29) is 5.04 Å². The first-order chi connectivity index (χ1) is 9.93. The van der Waals surface area contributed by atoms with Crippen molar-refractivity contribution in [2.24, 2.45) is 4.99 Å². The number of allylic oxidation sites excluding steroid dienone is 1. The van der Waals surface area contributed by atoms with Gasteiger partial charge in [-0.3, -0.25) is 4.99 Å². The van der Waals surface area contributed by atoms with Crippen LogP contribution in [-0.4, -0.2) is 45.4 Å². The van der Waals surface area contributed by atoms with Gasteiger partial charge in [-0.1, -0.05) is 20.8 Å². The van der Waals surface area contributed by atoms with Gasteiger partial charge < -0.3 is 9.33 Å². The van der Waals surface area contributed by atoms with Crippen molar-refractivity contribution in [3.8, 4) is 0 Å². The minimum Gasteiger partial charge on any atom is -0.417 e. The molecule has 0 aromatic heterocycles. The number of hydrogen-bond donors (Lipinski definition) is 0.